The predicted molar refractivity (Wildman–Crippen MR) is 63.1 cm³/mol. The van der Waals surface area contributed by atoms with Gasteiger partial charge >= 0.3 is 0 Å². The number of aliphatic hydroxyl groups is 1. The summed E-state index contributed by atoms with van der Waals surface area (Å²) in [6, 6.07) is 3.42. The molecule has 7 heteroatoms. The Bertz CT molecular complexity index is 508. The van der Waals surface area contributed by atoms with E-state index in [9.17, 15) is 10.1 Å². The number of rotatable bonds is 5. The van der Waals surface area contributed by atoms with Crippen molar-refractivity contribution in [3.8, 4) is 6.07 Å². The van der Waals surface area contributed by atoms with Crippen molar-refractivity contribution in [1.29, 1.82) is 5.26 Å². The van der Waals surface area contributed by atoms with E-state index in [4.69, 9.17) is 10.4 Å². The lowest BCUT2D eigenvalue weighted by molar-refractivity contribution is -0.385. The molecule has 7 nitrogen and oxygen atoms in total. The van der Waals surface area contributed by atoms with Crippen LogP contribution in [0.1, 0.15) is 18.4 Å². The third-order valence-electron chi connectivity index (χ3n) is 2.78. The molecule has 1 saturated carbocycles. The van der Waals surface area contributed by atoms with Crippen LogP contribution in [0.5, 0.6) is 0 Å². The van der Waals surface area contributed by atoms with Crippen LogP contribution in [0.15, 0.2) is 12.3 Å². The molecule has 0 aliphatic heterocycles. The number of pyridine rings is 1. The van der Waals surface area contributed by atoms with Crippen molar-refractivity contribution in [3.63, 3.8) is 0 Å². The van der Waals surface area contributed by atoms with Crippen molar-refractivity contribution >= 4 is 11.5 Å². The maximum atomic E-state index is 10.6. The minimum atomic E-state index is -0.578. The highest BCUT2D eigenvalue weighted by Crippen LogP contribution is 2.32. The average Bonchev–Trinajstić information content (AvgIpc) is 3.19. The number of nitriles is 1. The number of hydrogen-bond donors (Lipinski definition) is 1. The molecule has 0 saturated heterocycles. The van der Waals surface area contributed by atoms with Crippen LogP contribution in [-0.2, 0) is 0 Å². The molecule has 1 aliphatic rings. The van der Waals surface area contributed by atoms with Gasteiger partial charge in [0, 0.05) is 18.7 Å². The first-order valence-electron chi connectivity index (χ1n) is 5.59. The largest absolute Gasteiger partial charge is 0.395 e. The lowest BCUT2D eigenvalue weighted by atomic mass is 10.2. The van der Waals surface area contributed by atoms with Gasteiger partial charge in [-0.3, -0.25) is 10.1 Å². The van der Waals surface area contributed by atoms with Crippen molar-refractivity contribution in [2.75, 3.05) is 18.1 Å². The van der Waals surface area contributed by atoms with E-state index in [1.807, 2.05) is 11.0 Å². The third-order valence-corrected chi connectivity index (χ3v) is 2.78. The quantitative estimate of drug-likeness (QED) is 0.611. The molecule has 1 aromatic rings. The minimum Gasteiger partial charge on any atom is -0.395 e. The van der Waals surface area contributed by atoms with Crippen molar-refractivity contribution in [3.05, 3.63) is 27.9 Å². The van der Waals surface area contributed by atoms with E-state index in [1.165, 1.54) is 6.07 Å². The van der Waals surface area contributed by atoms with Crippen molar-refractivity contribution in [1.82, 2.24) is 4.98 Å². The lowest BCUT2D eigenvalue weighted by Crippen LogP contribution is -2.30. The summed E-state index contributed by atoms with van der Waals surface area (Å²) < 4.78 is 0. The van der Waals surface area contributed by atoms with E-state index in [0.29, 0.717) is 12.4 Å². The van der Waals surface area contributed by atoms with E-state index in [1.54, 1.807) is 0 Å². The fourth-order valence-corrected chi connectivity index (χ4v) is 1.81. The zero-order valence-electron chi connectivity index (χ0n) is 9.61. The molecule has 0 radical (unpaired) electrons. The molecule has 0 unspecified atom stereocenters. The Morgan fingerprint density at radius 2 is 2.39 bits per heavy atom. The molecule has 1 aliphatic carbocycles. The first-order valence-corrected chi connectivity index (χ1v) is 5.59. The maximum Gasteiger partial charge on any atom is 0.289 e. The van der Waals surface area contributed by atoms with Gasteiger partial charge in [0.25, 0.3) is 5.69 Å². The van der Waals surface area contributed by atoms with Gasteiger partial charge in [-0.15, -0.1) is 0 Å². The second-order valence-corrected chi connectivity index (χ2v) is 4.08. The van der Waals surface area contributed by atoms with Gasteiger partial charge in [-0.1, -0.05) is 0 Å². The van der Waals surface area contributed by atoms with Crippen molar-refractivity contribution < 1.29 is 10.0 Å². The molecule has 1 fully saturated rings. The highest BCUT2D eigenvalue weighted by Gasteiger charge is 2.31. The molecule has 18 heavy (non-hydrogen) atoms. The van der Waals surface area contributed by atoms with Gasteiger partial charge in [0.15, 0.2) is 0 Å². The molecule has 94 valence electrons. The zero-order chi connectivity index (χ0) is 13.1. The Hall–Kier alpha value is -2.20. The number of hydrogen-bond acceptors (Lipinski definition) is 6. The molecule has 1 heterocycles. The summed E-state index contributed by atoms with van der Waals surface area (Å²) in [5.74, 6) is 0.416. The van der Waals surface area contributed by atoms with Crippen molar-refractivity contribution in [2.24, 2.45) is 0 Å². The zero-order valence-corrected chi connectivity index (χ0v) is 9.61. The molecule has 0 amide bonds. The number of aliphatic hydroxyl groups excluding tert-OH is 1. The van der Waals surface area contributed by atoms with E-state index in [2.05, 4.69) is 4.98 Å². The third kappa shape index (κ3) is 2.38. The van der Waals surface area contributed by atoms with Crippen LogP contribution in [0.4, 0.5) is 11.5 Å². The normalized spacial score (nSPS) is 14.0. The van der Waals surface area contributed by atoms with E-state index in [0.717, 1.165) is 19.0 Å². The van der Waals surface area contributed by atoms with Gasteiger partial charge < -0.3 is 10.0 Å². The Morgan fingerprint density at radius 1 is 1.67 bits per heavy atom. The number of anilines is 1. The summed E-state index contributed by atoms with van der Waals surface area (Å²) in [6.07, 6.45) is 3.12. The van der Waals surface area contributed by atoms with Crippen molar-refractivity contribution in [2.45, 2.75) is 18.9 Å². The SMILES string of the molecule is N#Cc1cc([N+](=O)[O-])cnc1N(CCO)C1CC1. The highest BCUT2D eigenvalue weighted by atomic mass is 16.6. The van der Waals surface area contributed by atoms with Crippen LogP contribution >= 0.6 is 0 Å². The van der Waals surface area contributed by atoms with Gasteiger partial charge in [-0.25, -0.2) is 4.98 Å². The Labute approximate surface area is 103 Å². The molecule has 0 bridgehead atoms. The predicted octanol–water partition coefficient (Wildman–Crippen LogP) is 0.823. The molecular formula is C11H12N4O3. The van der Waals surface area contributed by atoms with E-state index in [-0.39, 0.29) is 23.9 Å². The Morgan fingerprint density at radius 3 is 2.89 bits per heavy atom. The first-order chi connectivity index (χ1) is 8.67. The fraction of sp³-hybridized carbons (Fsp3) is 0.455. The molecule has 2 rings (SSSR count). The molecule has 1 N–H and O–H groups in total. The second-order valence-electron chi connectivity index (χ2n) is 4.08. The van der Waals surface area contributed by atoms with Gasteiger partial charge in [0.2, 0.25) is 0 Å². The summed E-state index contributed by atoms with van der Waals surface area (Å²) in [6.45, 7) is 0.337. The van der Waals surface area contributed by atoms with E-state index < -0.39 is 4.92 Å². The highest BCUT2D eigenvalue weighted by molar-refractivity contribution is 5.58. The van der Waals surface area contributed by atoms with Crippen LogP contribution in [0.2, 0.25) is 0 Å². The molecule has 0 spiro atoms. The van der Waals surface area contributed by atoms with Gasteiger partial charge in [-0.2, -0.15) is 5.26 Å². The lowest BCUT2D eigenvalue weighted by Gasteiger charge is -2.22. The molecule has 0 atom stereocenters. The summed E-state index contributed by atoms with van der Waals surface area (Å²) in [7, 11) is 0. The molecule has 1 aromatic heterocycles. The fourth-order valence-electron chi connectivity index (χ4n) is 1.81. The Balaban J connectivity index is 2.37. The molecular weight excluding hydrogens is 236 g/mol. The van der Waals surface area contributed by atoms with Crippen LogP contribution in [0, 0.1) is 21.4 Å². The average molecular weight is 248 g/mol. The summed E-state index contributed by atoms with van der Waals surface area (Å²) in [5, 5.41) is 28.7. The monoisotopic (exact) mass is 248 g/mol. The van der Waals surface area contributed by atoms with E-state index >= 15 is 0 Å². The van der Waals surface area contributed by atoms with Crippen LogP contribution in [-0.4, -0.2) is 34.2 Å². The maximum absolute atomic E-state index is 10.6. The Kier molecular flexibility index (Phi) is 3.39. The smallest absolute Gasteiger partial charge is 0.289 e. The second kappa shape index (κ2) is 4.98. The topological polar surface area (TPSA) is 103 Å². The van der Waals surface area contributed by atoms with Crippen LogP contribution in [0.25, 0.3) is 0 Å². The number of aromatic nitrogens is 1. The number of nitrogens with zero attached hydrogens (tertiary/aromatic N) is 4. The molecule has 0 aromatic carbocycles. The number of nitro groups is 1. The van der Waals surface area contributed by atoms with Crippen LogP contribution in [0.3, 0.4) is 0 Å². The van der Waals surface area contributed by atoms with Gasteiger partial charge in [0.05, 0.1) is 11.5 Å². The summed E-state index contributed by atoms with van der Waals surface area (Å²) in [5.41, 5.74) is -0.0282. The standard InChI is InChI=1S/C11H12N4O3/c12-6-8-5-10(15(17)18)7-13-11(8)14(3-4-16)9-1-2-9/h5,7,9,16H,1-4H2. The minimum absolute atomic E-state index is 0.0416. The van der Waals surface area contributed by atoms with Gasteiger partial charge in [0.1, 0.15) is 23.6 Å². The first kappa shape index (κ1) is 12.3. The summed E-state index contributed by atoms with van der Waals surface area (Å²) in [4.78, 5) is 15.9. The van der Waals surface area contributed by atoms with Crippen LogP contribution < -0.4 is 4.90 Å². The summed E-state index contributed by atoms with van der Waals surface area (Å²) >= 11 is 0. The van der Waals surface area contributed by atoms with Gasteiger partial charge in [-0.05, 0) is 12.8 Å².